The molecule has 0 radical (unpaired) electrons. The van der Waals surface area contributed by atoms with Crippen molar-refractivity contribution in [3.8, 4) is 0 Å². The minimum Gasteiger partial charge on any atom is -0.389 e. The summed E-state index contributed by atoms with van der Waals surface area (Å²) >= 11 is 9.55. The van der Waals surface area contributed by atoms with E-state index in [1.54, 1.807) is 0 Å². The van der Waals surface area contributed by atoms with E-state index < -0.39 is 5.60 Å². The Morgan fingerprint density at radius 3 is 2.94 bits per heavy atom. The molecule has 0 saturated carbocycles. The molecule has 2 rings (SSSR count). The highest BCUT2D eigenvalue weighted by Gasteiger charge is 2.35. The first kappa shape index (κ1) is 13.3. The summed E-state index contributed by atoms with van der Waals surface area (Å²) < 4.78 is 6.28. The fourth-order valence-electron chi connectivity index (χ4n) is 2.22. The van der Waals surface area contributed by atoms with Crippen molar-refractivity contribution in [1.82, 2.24) is 0 Å². The van der Waals surface area contributed by atoms with E-state index in [9.17, 15) is 5.11 Å². The van der Waals surface area contributed by atoms with Gasteiger partial charge in [0.15, 0.2) is 0 Å². The molecule has 1 aliphatic heterocycles. The Hall–Kier alpha value is -0.0900. The third-order valence-corrected chi connectivity index (χ3v) is 4.22. The van der Waals surface area contributed by atoms with Gasteiger partial charge in [-0.15, -0.1) is 0 Å². The fraction of sp³-hybridized carbons (Fsp3) is 0.538. The van der Waals surface area contributed by atoms with Crippen molar-refractivity contribution in [3.05, 3.63) is 33.3 Å². The molecule has 1 heterocycles. The average molecular weight is 320 g/mol. The van der Waals surface area contributed by atoms with Crippen LogP contribution in [0, 0.1) is 5.92 Å². The van der Waals surface area contributed by atoms with E-state index in [2.05, 4.69) is 15.9 Å². The molecule has 0 aliphatic carbocycles. The summed E-state index contributed by atoms with van der Waals surface area (Å²) in [4.78, 5) is 0. The van der Waals surface area contributed by atoms with E-state index in [1.165, 1.54) is 0 Å². The number of hydrogen-bond acceptors (Lipinski definition) is 2. The summed E-state index contributed by atoms with van der Waals surface area (Å²) in [7, 11) is 0. The number of halogens is 2. The first-order valence-electron chi connectivity index (χ1n) is 5.73. The van der Waals surface area contributed by atoms with Crippen LogP contribution in [-0.2, 0) is 11.2 Å². The summed E-state index contributed by atoms with van der Waals surface area (Å²) in [5.41, 5.74) is 0.223. The Labute approximate surface area is 115 Å². The van der Waals surface area contributed by atoms with Gasteiger partial charge in [-0.3, -0.25) is 0 Å². The van der Waals surface area contributed by atoms with Crippen LogP contribution >= 0.6 is 27.5 Å². The first-order valence-corrected chi connectivity index (χ1v) is 6.90. The highest BCUT2D eigenvalue weighted by atomic mass is 79.9. The normalized spacial score (nSPS) is 23.6. The monoisotopic (exact) mass is 318 g/mol. The van der Waals surface area contributed by atoms with Crippen molar-refractivity contribution >= 4 is 27.5 Å². The highest BCUT2D eigenvalue weighted by Crippen LogP contribution is 2.32. The molecule has 1 saturated heterocycles. The molecule has 1 aliphatic rings. The predicted octanol–water partition coefficient (Wildman–Crippen LogP) is 3.43. The highest BCUT2D eigenvalue weighted by molar-refractivity contribution is 9.10. The van der Waals surface area contributed by atoms with E-state index in [0.29, 0.717) is 18.1 Å². The van der Waals surface area contributed by atoms with E-state index in [4.69, 9.17) is 16.3 Å². The number of ether oxygens (including phenoxy) is 1. The predicted molar refractivity (Wildman–Crippen MR) is 72.4 cm³/mol. The van der Waals surface area contributed by atoms with Gasteiger partial charge >= 0.3 is 0 Å². The van der Waals surface area contributed by atoms with Gasteiger partial charge in [0.1, 0.15) is 0 Å². The van der Waals surface area contributed by atoms with Crippen molar-refractivity contribution < 1.29 is 9.84 Å². The molecule has 2 atom stereocenters. The van der Waals surface area contributed by atoms with Crippen molar-refractivity contribution in [2.75, 3.05) is 13.2 Å². The Balaban J connectivity index is 2.13. The molecule has 17 heavy (non-hydrogen) atoms. The second kappa shape index (κ2) is 5.27. The van der Waals surface area contributed by atoms with Crippen LogP contribution < -0.4 is 0 Å². The van der Waals surface area contributed by atoms with Gasteiger partial charge in [0, 0.05) is 28.4 Å². The van der Waals surface area contributed by atoms with E-state index in [-0.39, 0.29) is 5.92 Å². The third-order valence-electron chi connectivity index (χ3n) is 3.37. The van der Waals surface area contributed by atoms with Gasteiger partial charge in [-0.25, -0.2) is 0 Å². The van der Waals surface area contributed by atoms with Gasteiger partial charge < -0.3 is 9.84 Å². The molecule has 94 valence electrons. The van der Waals surface area contributed by atoms with Gasteiger partial charge in [0.25, 0.3) is 0 Å². The number of aliphatic hydroxyl groups is 1. The summed E-state index contributed by atoms with van der Waals surface area (Å²) in [6.45, 7) is 3.25. The molecule has 0 aromatic heterocycles. The molecular formula is C13H16BrClO2. The maximum atomic E-state index is 10.5. The van der Waals surface area contributed by atoms with Crippen LogP contribution in [0.3, 0.4) is 0 Å². The number of benzene rings is 1. The molecule has 4 heteroatoms. The van der Waals surface area contributed by atoms with Crippen LogP contribution in [-0.4, -0.2) is 23.9 Å². The second-order valence-corrected chi connectivity index (χ2v) is 6.15. The van der Waals surface area contributed by atoms with E-state index in [0.717, 1.165) is 23.1 Å². The van der Waals surface area contributed by atoms with Crippen molar-refractivity contribution in [2.24, 2.45) is 5.92 Å². The van der Waals surface area contributed by atoms with Crippen molar-refractivity contribution in [1.29, 1.82) is 0 Å². The smallest absolute Gasteiger partial charge is 0.0711 e. The molecule has 1 aromatic rings. The topological polar surface area (TPSA) is 29.5 Å². The zero-order valence-corrected chi connectivity index (χ0v) is 12.1. The van der Waals surface area contributed by atoms with Crippen molar-refractivity contribution in [2.45, 2.75) is 25.4 Å². The molecule has 0 amide bonds. The second-order valence-electron chi connectivity index (χ2n) is 4.83. The van der Waals surface area contributed by atoms with Gasteiger partial charge in [0.2, 0.25) is 0 Å². The molecular weight excluding hydrogens is 303 g/mol. The van der Waals surface area contributed by atoms with Gasteiger partial charge in [0.05, 0.1) is 12.2 Å². The summed E-state index contributed by atoms with van der Waals surface area (Å²) in [5, 5.41) is 11.2. The average Bonchev–Trinajstić information content (AvgIpc) is 2.76. The minimum absolute atomic E-state index is 0.196. The maximum Gasteiger partial charge on any atom is 0.0711 e. The lowest BCUT2D eigenvalue weighted by Crippen LogP contribution is -2.37. The molecule has 1 N–H and O–H groups in total. The molecule has 1 fully saturated rings. The van der Waals surface area contributed by atoms with Gasteiger partial charge in [-0.2, -0.15) is 0 Å². The Morgan fingerprint density at radius 1 is 1.59 bits per heavy atom. The lowest BCUT2D eigenvalue weighted by Gasteiger charge is -2.29. The van der Waals surface area contributed by atoms with Gasteiger partial charge in [-0.1, -0.05) is 33.6 Å². The van der Waals surface area contributed by atoms with Crippen LogP contribution in [0.1, 0.15) is 18.9 Å². The number of hydrogen-bond donors (Lipinski definition) is 1. The van der Waals surface area contributed by atoms with Crippen molar-refractivity contribution in [3.63, 3.8) is 0 Å². The Bertz CT molecular complexity index is 400. The largest absolute Gasteiger partial charge is 0.389 e. The van der Waals surface area contributed by atoms with Crippen LogP contribution in [0.2, 0.25) is 5.02 Å². The first-order chi connectivity index (χ1) is 7.99. The summed E-state index contributed by atoms with van der Waals surface area (Å²) in [6, 6.07) is 5.76. The van der Waals surface area contributed by atoms with Crippen LogP contribution in [0.5, 0.6) is 0 Å². The maximum absolute atomic E-state index is 10.5. The number of rotatable bonds is 3. The lowest BCUT2D eigenvalue weighted by molar-refractivity contribution is -0.00452. The fourth-order valence-corrected chi connectivity index (χ4v) is 2.96. The summed E-state index contributed by atoms with van der Waals surface area (Å²) in [5.74, 6) is 0.196. The molecule has 0 bridgehead atoms. The zero-order chi connectivity index (χ0) is 12.5. The standard InChI is InChI=1S/C13H16BrClO2/c1-13(16,10-4-5-17-8-10)7-9-2-3-11(14)6-12(9)15/h2-3,6,10,16H,4-5,7-8H2,1H3. The third kappa shape index (κ3) is 3.22. The Kier molecular flexibility index (Phi) is 4.14. The Morgan fingerprint density at radius 2 is 2.35 bits per heavy atom. The minimum atomic E-state index is -0.756. The quantitative estimate of drug-likeness (QED) is 0.925. The SMILES string of the molecule is CC(O)(Cc1ccc(Br)cc1Cl)C1CCOC1. The molecule has 1 aromatic carbocycles. The lowest BCUT2D eigenvalue weighted by atomic mass is 9.83. The van der Waals surface area contributed by atoms with Crippen LogP contribution in [0.4, 0.5) is 0 Å². The van der Waals surface area contributed by atoms with E-state index >= 15 is 0 Å². The molecule has 0 spiro atoms. The van der Waals surface area contributed by atoms with Gasteiger partial charge in [-0.05, 0) is 31.0 Å². The van der Waals surface area contributed by atoms with E-state index in [1.807, 2.05) is 25.1 Å². The summed E-state index contributed by atoms with van der Waals surface area (Å²) in [6.07, 6.45) is 1.48. The molecule has 2 unspecified atom stereocenters. The van der Waals surface area contributed by atoms with Crippen LogP contribution in [0.15, 0.2) is 22.7 Å². The zero-order valence-electron chi connectivity index (χ0n) is 9.75. The molecule has 2 nitrogen and oxygen atoms in total. The van der Waals surface area contributed by atoms with Crippen LogP contribution in [0.25, 0.3) is 0 Å².